The molecule has 8 atom stereocenters. The molecule has 4 rings (SSSR count). The summed E-state index contributed by atoms with van der Waals surface area (Å²) < 4.78 is 0. The summed E-state index contributed by atoms with van der Waals surface area (Å²) in [6, 6.07) is 13.0. The van der Waals surface area contributed by atoms with Crippen LogP contribution in [0.3, 0.4) is 0 Å². The van der Waals surface area contributed by atoms with E-state index in [0.717, 1.165) is 6.42 Å². The van der Waals surface area contributed by atoms with Gasteiger partial charge in [-0.3, -0.25) is 57.7 Å². The van der Waals surface area contributed by atoms with Crippen molar-refractivity contribution in [2.24, 2.45) is 5.73 Å². The summed E-state index contributed by atoms with van der Waals surface area (Å²) in [5.74, 6) is -4.63. The smallest absolute Gasteiger partial charge is 0.321 e. The molecule has 10 N–H and O–H groups in total. The van der Waals surface area contributed by atoms with E-state index in [1.807, 2.05) is 33.8 Å². The summed E-state index contributed by atoms with van der Waals surface area (Å²) in [5.41, 5.74) is 6.93. The number of aliphatic hydroxyl groups excluding tert-OH is 2. The number of benzene rings is 2. The zero-order chi connectivity index (χ0) is 54.9. The molecule has 2 aromatic rings. The second kappa shape index (κ2) is 33.4. The number of carbonyl (C=O) groups is 10. The number of rotatable bonds is 23. The Morgan fingerprint density at radius 2 is 1.01 bits per heavy atom. The molecule has 0 aliphatic carbocycles. The van der Waals surface area contributed by atoms with Crippen molar-refractivity contribution < 1.29 is 63.3 Å². The van der Waals surface area contributed by atoms with Crippen LogP contribution in [0, 0.1) is 0 Å². The molecule has 2 saturated heterocycles. The van der Waals surface area contributed by atoms with E-state index in [1.54, 1.807) is 92.6 Å². The summed E-state index contributed by atoms with van der Waals surface area (Å²) in [4.78, 5) is 126. The molecule has 2 aliphatic rings. The minimum Gasteiger partial charge on any atom is -0.480 e. The maximum atomic E-state index is 12.8. The number of Topliss-reactive ketones (excluding diaryl/α,β-unsaturated/α-hetero) is 2. The molecule has 7 amide bonds. The number of carboxylic acid groups (broad SMARTS) is 1. The Labute approximate surface area is 439 Å². The van der Waals surface area contributed by atoms with Crippen LogP contribution in [0.5, 0.6) is 0 Å². The first kappa shape index (κ1) is 65.6. The molecule has 0 bridgehead atoms. The lowest BCUT2D eigenvalue weighted by Crippen LogP contribution is -2.55. The average Bonchev–Trinajstić information content (AvgIpc) is 3.97. The fraction of sp³-hybridized carbons (Fsp3) is 0.560. The number of hydrogen-bond acceptors (Lipinski definition) is 15. The van der Waals surface area contributed by atoms with Gasteiger partial charge in [-0.25, -0.2) is 0 Å². The van der Waals surface area contributed by atoms with Gasteiger partial charge < -0.3 is 57.4 Å². The molecule has 412 valence electrons. The van der Waals surface area contributed by atoms with Gasteiger partial charge in [0.25, 0.3) is 11.8 Å². The molecule has 0 radical (unpaired) electrons. The van der Waals surface area contributed by atoms with Crippen molar-refractivity contribution in [3.8, 4) is 0 Å². The fourth-order valence-electron chi connectivity index (χ4n) is 7.78. The highest BCUT2D eigenvalue weighted by molar-refractivity contribution is 5.95. The second-order valence-corrected chi connectivity index (χ2v) is 18.0. The van der Waals surface area contributed by atoms with Crippen molar-refractivity contribution in [1.29, 1.82) is 0 Å². The van der Waals surface area contributed by atoms with Crippen molar-refractivity contribution in [2.75, 3.05) is 67.5 Å². The van der Waals surface area contributed by atoms with Crippen LogP contribution in [-0.4, -0.2) is 198 Å². The van der Waals surface area contributed by atoms with E-state index in [2.05, 4.69) is 26.6 Å². The molecular weight excluding hydrogens is 984 g/mol. The molecule has 0 aromatic heterocycles. The molecule has 2 fully saturated rings. The third kappa shape index (κ3) is 21.2. The Morgan fingerprint density at radius 1 is 0.622 bits per heavy atom. The van der Waals surface area contributed by atoms with Gasteiger partial charge >= 0.3 is 5.97 Å². The summed E-state index contributed by atoms with van der Waals surface area (Å²) in [6.07, 6.45) is -0.572. The summed E-state index contributed by atoms with van der Waals surface area (Å²) in [6.45, 7) is 8.27. The maximum Gasteiger partial charge on any atom is 0.321 e. The Morgan fingerprint density at radius 3 is 1.38 bits per heavy atom. The average molecular weight is 1060 g/mol. The van der Waals surface area contributed by atoms with Gasteiger partial charge in [0.05, 0.1) is 38.3 Å². The third-order valence-corrected chi connectivity index (χ3v) is 11.9. The number of carboxylic acids is 1. The zero-order valence-electron chi connectivity index (χ0n) is 43.6. The number of nitrogens with one attached hydrogen (secondary N) is 5. The molecular formula is C50H77ClN10O13. The molecule has 24 heteroatoms. The van der Waals surface area contributed by atoms with Crippen LogP contribution in [-0.2, 0) is 47.9 Å². The van der Waals surface area contributed by atoms with Gasteiger partial charge in [0.1, 0.15) is 35.8 Å². The Kier molecular flexibility index (Phi) is 29.7. The van der Waals surface area contributed by atoms with Gasteiger partial charge in [0, 0.05) is 47.1 Å². The van der Waals surface area contributed by atoms with Crippen molar-refractivity contribution in [3.05, 3.63) is 71.8 Å². The number of likely N-dealkylation sites (tertiary alicyclic amines) is 2. The van der Waals surface area contributed by atoms with Gasteiger partial charge in [0.15, 0.2) is 6.10 Å². The first-order chi connectivity index (χ1) is 34.5. The predicted molar refractivity (Wildman–Crippen MR) is 276 cm³/mol. The first-order valence-corrected chi connectivity index (χ1v) is 24.3. The highest BCUT2D eigenvalue weighted by Gasteiger charge is 2.38. The lowest BCUT2D eigenvalue weighted by atomic mass is 10.0. The largest absolute Gasteiger partial charge is 0.480 e. The van der Waals surface area contributed by atoms with E-state index in [0.29, 0.717) is 50.0 Å². The molecule has 0 spiro atoms. The van der Waals surface area contributed by atoms with E-state index < -0.39 is 90.5 Å². The van der Waals surface area contributed by atoms with Gasteiger partial charge in [-0.05, 0) is 37.1 Å². The number of carbonyl (C=O) groups excluding carboxylic acids is 9. The van der Waals surface area contributed by atoms with Crippen molar-refractivity contribution in [3.63, 3.8) is 0 Å². The lowest BCUT2D eigenvalue weighted by Gasteiger charge is -2.27. The highest BCUT2D eigenvalue weighted by atomic mass is 35.5. The number of aliphatic hydroxyl groups is 2. The number of hydrogen-bond donors (Lipinski definition) is 9. The normalized spacial score (nSPS) is 17.6. The molecule has 74 heavy (non-hydrogen) atoms. The predicted octanol–water partition coefficient (Wildman–Crippen LogP) is -0.950. The highest BCUT2D eigenvalue weighted by Crippen LogP contribution is 2.18. The van der Waals surface area contributed by atoms with Gasteiger partial charge in [0.2, 0.25) is 29.5 Å². The van der Waals surface area contributed by atoms with Crippen LogP contribution < -0.4 is 32.3 Å². The Bertz CT molecular complexity index is 2170. The van der Waals surface area contributed by atoms with Gasteiger partial charge in [-0.15, -0.1) is 12.4 Å². The van der Waals surface area contributed by atoms with E-state index in [1.165, 1.54) is 9.80 Å². The van der Waals surface area contributed by atoms with Crippen LogP contribution in [0.25, 0.3) is 0 Å². The number of amides is 7. The van der Waals surface area contributed by atoms with E-state index in [-0.39, 0.29) is 61.7 Å². The van der Waals surface area contributed by atoms with Gasteiger partial charge in [-0.2, -0.15) is 0 Å². The molecule has 2 heterocycles. The van der Waals surface area contributed by atoms with Crippen LogP contribution in [0.2, 0.25) is 0 Å². The van der Waals surface area contributed by atoms with E-state index in [9.17, 15) is 58.2 Å². The standard InChI is InChI=1S/C25H37N5O6.C18H28N4O4.C7H11NO3.ClH/c1-5-10-18(27-23(34)19-13-17(31)15-30(19)6-2)22(33)24(35)26-14-20(32)28-21(25(36)29(3)4)16-11-8-7-9-12-16;1-4-8-13(19)16(24)17(25)20-11-14(23)21-15(18(26)22(2)3)12-9-6-5-7-10-12;1-2-8-4-5(9)3-6(8)7(10)11;/h7-9,11-12,18-19,21-22,33H,5-6,10,13-15H2,1-4H3,(H,26,35)(H,27,34)(H,28,32);5-7,9-10,13,15-16,24H,4,8,11,19H2,1-3H3,(H,20,25)(H,21,23);6H,2-4H2,1H3,(H,10,11);1H/t18?,19-,21-,22?;13?,15-,16?;6-;/m000./s1. The van der Waals surface area contributed by atoms with Crippen LogP contribution in [0.15, 0.2) is 60.7 Å². The minimum atomic E-state index is -1.60. The number of nitrogens with zero attached hydrogens (tertiary/aromatic N) is 4. The van der Waals surface area contributed by atoms with Crippen molar-refractivity contribution >= 4 is 71.3 Å². The Hall–Kier alpha value is -6.37. The fourth-order valence-corrected chi connectivity index (χ4v) is 7.78. The number of aliphatic carboxylic acids is 1. The second-order valence-electron chi connectivity index (χ2n) is 18.0. The quantitative estimate of drug-likeness (QED) is 0.0648. The van der Waals surface area contributed by atoms with Crippen LogP contribution in [0.1, 0.15) is 89.4 Å². The molecule has 2 aromatic carbocycles. The van der Waals surface area contributed by atoms with Gasteiger partial charge in [-0.1, -0.05) is 101 Å². The molecule has 4 unspecified atom stereocenters. The van der Waals surface area contributed by atoms with E-state index >= 15 is 0 Å². The lowest BCUT2D eigenvalue weighted by molar-refractivity contribution is -0.142. The van der Waals surface area contributed by atoms with Crippen LogP contribution in [0.4, 0.5) is 0 Å². The molecule has 0 saturated carbocycles. The number of halogens is 1. The summed E-state index contributed by atoms with van der Waals surface area (Å²) >= 11 is 0. The monoisotopic (exact) mass is 1060 g/mol. The topological polar surface area (TPSA) is 331 Å². The SMILES string of the molecule is CCCC(N)C(O)C(=O)NCC(=O)N[C@H](C(=O)N(C)C)c1ccccc1.CCCC(NC(=O)[C@@H]1CC(=O)CN1CC)C(O)C(=O)NCC(=O)N[C@H](C(=O)N(C)C)c1ccccc1.CCN1CC(=O)C[C@H]1C(=O)O.Cl. The zero-order valence-corrected chi connectivity index (χ0v) is 44.4. The number of ketones is 2. The summed E-state index contributed by atoms with van der Waals surface area (Å²) in [5, 5.41) is 41.7. The third-order valence-electron chi connectivity index (χ3n) is 11.9. The maximum absolute atomic E-state index is 12.8. The minimum absolute atomic E-state index is 0. The Balaban J connectivity index is 0.000000625. The first-order valence-electron chi connectivity index (χ1n) is 24.3. The van der Waals surface area contributed by atoms with E-state index in [4.69, 9.17) is 10.8 Å². The number of nitrogens with two attached hydrogens (primary N) is 1. The molecule has 2 aliphatic heterocycles. The molecule has 23 nitrogen and oxygen atoms in total. The number of likely N-dealkylation sites (N-methyl/N-ethyl adjacent to an activating group) is 4. The summed E-state index contributed by atoms with van der Waals surface area (Å²) in [7, 11) is 6.34. The van der Waals surface area contributed by atoms with Crippen LogP contribution >= 0.6 is 12.4 Å². The van der Waals surface area contributed by atoms with Crippen molar-refractivity contribution in [1.82, 2.24) is 46.2 Å². The van der Waals surface area contributed by atoms with Crippen molar-refractivity contribution in [2.45, 2.75) is 115 Å².